The minimum absolute atomic E-state index is 0.188. The highest BCUT2D eigenvalue weighted by Crippen LogP contribution is 2.21. The van der Waals surface area contributed by atoms with E-state index in [1.165, 1.54) is 11.3 Å². The van der Waals surface area contributed by atoms with Gasteiger partial charge in [-0.25, -0.2) is 9.71 Å². The lowest BCUT2D eigenvalue weighted by atomic mass is 10.4. The van der Waals surface area contributed by atoms with Crippen molar-refractivity contribution < 1.29 is 13.0 Å². The van der Waals surface area contributed by atoms with Crippen molar-refractivity contribution in [1.82, 2.24) is 4.98 Å². The maximum atomic E-state index is 10.3. The summed E-state index contributed by atoms with van der Waals surface area (Å²) in [5, 5.41) is 0.188. The molecule has 0 spiro atoms. The highest BCUT2D eigenvalue weighted by atomic mass is 32.2. The van der Waals surface area contributed by atoms with Gasteiger partial charge in [-0.15, -0.1) is 11.3 Å². The van der Waals surface area contributed by atoms with Crippen LogP contribution in [0, 0.1) is 13.8 Å². The number of hydrogen-bond acceptors (Lipinski definition) is 4. The summed E-state index contributed by atoms with van der Waals surface area (Å²) in [5.41, 5.74) is 0.756. The van der Waals surface area contributed by atoms with Gasteiger partial charge in [-0.05, 0) is 13.8 Å². The zero-order valence-electron chi connectivity index (χ0n) is 6.53. The van der Waals surface area contributed by atoms with Crippen LogP contribution in [-0.4, -0.2) is 18.0 Å². The van der Waals surface area contributed by atoms with E-state index in [9.17, 15) is 8.42 Å². The molecule has 0 amide bonds. The summed E-state index contributed by atoms with van der Waals surface area (Å²) in [6, 6.07) is 0. The lowest BCUT2D eigenvalue weighted by Crippen LogP contribution is -2.09. The predicted octanol–water partition coefficient (Wildman–Crippen LogP) is 0.975. The van der Waals surface area contributed by atoms with Crippen molar-refractivity contribution in [2.75, 3.05) is 4.72 Å². The van der Waals surface area contributed by atoms with Crippen LogP contribution in [0.3, 0.4) is 0 Å². The Morgan fingerprint density at radius 1 is 1.50 bits per heavy atom. The first-order valence-electron chi connectivity index (χ1n) is 3.08. The van der Waals surface area contributed by atoms with Gasteiger partial charge in [-0.3, -0.25) is 4.55 Å². The van der Waals surface area contributed by atoms with Crippen LogP contribution in [0.25, 0.3) is 0 Å². The molecule has 1 rings (SSSR count). The fraction of sp³-hybridized carbons (Fsp3) is 0.400. The first kappa shape index (κ1) is 9.43. The van der Waals surface area contributed by atoms with Crippen LogP contribution < -0.4 is 4.72 Å². The number of thiazole rings is 1. The molecule has 0 unspecified atom stereocenters. The quantitative estimate of drug-likeness (QED) is 0.710. The third-order valence-corrected chi connectivity index (χ3v) is 2.81. The number of aryl methyl sites for hydroxylation is 2. The van der Waals surface area contributed by atoms with Crippen molar-refractivity contribution >= 4 is 26.8 Å². The van der Waals surface area contributed by atoms with Crippen LogP contribution in [0.15, 0.2) is 0 Å². The average Bonchev–Trinajstić information content (AvgIpc) is 2.07. The molecule has 1 heterocycles. The van der Waals surface area contributed by atoms with E-state index in [1.54, 1.807) is 6.92 Å². The lowest BCUT2D eigenvalue weighted by Gasteiger charge is -1.93. The molecule has 0 aromatic carbocycles. The average molecular weight is 208 g/mol. The van der Waals surface area contributed by atoms with E-state index in [0.29, 0.717) is 0 Å². The summed E-state index contributed by atoms with van der Waals surface area (Å²) in [5.74, 6) is 0. The molecule has 5 nitrogen and oxygen atoms in total. The Hall–Kier alpha value is -0.660. The molecular formula is C5H8N2O3S2. The Labute approximate surface area is 74.3 Å². The molecule has 0 aliphatic heterocycles. The first-order valence-corrected chi connectivity index (χ1v) is 5.33. The maximum absolute atomic E-state index is 10.3. The second-order valence-electron chi connectivity index (χ2n) is 2.24. The molecule has 0 radical (unpaired) electrons. The number of anilines is 1. The van der Waals surface area contributed by atoms with Gasteiger partial charge in [-0.2, -0.15) is 8.42 Å². The Balaban J connectivity index is 2.92. The maximum Gasteiger partial charge on any atom is 0.359 e. The van der Waals surface area contributed by atoms with E-state index in [1.807, 2.05) is 11.6 Å². The summed E-state index contributed by atoms with van der Waals surface area (Å²) in [6.45, 7) is 3.59. The molecule has 0 saturated carbocycles. The van der Waals surface area contributed by atoms with Gasteiger partial charge in [0.05, 0.1) is 5.69 Å². The van der Waals surface area contributed by atoms with Gasteiger partial charge < -0.3 is 0 Å². The van der Waals surface area contributed by atoms with Crippen LogP contribution in [0.1, 0.15) is 10.6 Å². The van der Waals surface area contributed by atoms with Crippen LogP contribution in [0.5, 0.6) is 0 Å². The van der Waals surface area contributed by atoms with Gasteiger partial charge in [0.15, 0.2) is 5.13 Å². The molecule has 68 valence electrons. The van der Waals surface area contributed by atoms with Crippen LogP contribution in [-0.2, 0) is 10.3 Å². The molecule has 0 saturated heterocycles. The Kier molecular flexibility index (Phi) is 2.36. The zero-order chi connectivity index (χ0) is 9.35. The lowest BCUT2D eigenvalue weighted by molar-refractivity contribution is 0.489. The fourth-order valence-electron chi connectivity index (χ4n) is 0.627. The largest absolute Gasteiger partial charge is 0.359 e. The van der Waals surface area contributed by atoms with Gasteiger partial charge in [0.25, 0.3) is 0 Å². The van der Waals surface area contributed by atoms with Crippen LogP contribution in [0.4, 0.5) is 5.13 Å². The van der Waals surface area contributed by atoms with Crippen LogP contribution >= 0.6 is 11.3 Å². The summed E-state index contributed by atoms with van der Waals surface area (Å²) in [4.78, 5) is 4.78. The normalized spacial score (nSPS) is 11.6. The van der Waals surface area contributed by atoms with E-state index in [-0.39, 0.29) is 5.13 Å². The SMILES string of the molecule is Cc1nc(NS(=O)(=O)O)sc1C. The van der Waals surface area contributed by atoms with Crippen molar-refractivity contribution in [2.45, 2.75) is 13.8 Å². The third-order valence-electron chi connectivity index (χ3n) is 1.24. The van der Waals surface area contributed by atoms with Crippen molar-refractivity contribution in [3.8, 4) is 0 Å². The molecular weight excluding hydrogens is 200 g/mol. The molecule has 0 aliphatic carbocycles. The molecule has 0 atom stereocenters. The minimum atomic E-state index is -4.18. The summed E-state index contributed by atoms with van der Waals surface area (Å²) >= 11 is 1.18. The second kappa shape index (κ2) is 3.00. The summed E-state index contributed by atoms with van der Waals surface area (Å²) in [6.07, 6.45) is 0. The topological polar surface area (TPSA) is 79.3 Å². The van der Waals surface area contributed by atoms with Crippen LogP contribution in [0.2, 0.25) is 0 Å². The smallest absolute Gasteiger partial charge is 0.269 e. The standard InChI is InChI=1S/C5H8N2O3S2/c1-3-4(2)11-5(6-3)7-12(8,9)10/h1-2H3,(H,6,7)(H,8,9,10). The number of nitrogens with zero attached hydrogens (tertiary/aromatic N) is 1. The highest BCUT2D eigenvalue weighted by Gasteiger charge is 2.08. The Morgan fingerprint density at radius 2 is 2.08 bits per heavy atom. The molecule has 1 aromatic heterocycles. The summed E-state index contributed by atoms with van der Waals surface area (Å²) in [7, 11) is -4.18. The predicted molar refractivity (Wildman–Crippen MR) is 46.8 cm³/mol. The number of aromatic nitrogens is 1. The number of hydrogen-bond donors (Lipinski definition) is 2. The van der Waals surface area contributed by atoms with Crippen molar-refractivity contribution in [3.05, 3.63) is 10.6 Å². The van der Waals surface area contributed by atoms with Crippen molar-refractivity contribution in [1.29, 1.82) is 0 Å². The second-order valence-corrected chi connectivity index (χ2v) is 4.60. The van der Waals surface area contributed by atoms with Gasteiger partial charge in [0.2, 0.25) is 0 Å². The molecule has 0 bridgehead atoms. The van der Waals surface area contributed by atoms with Gasteiger partial charge in [0, 0.05) is 4.88 Å². The minimum Gasteiger partial charge on any atom is -0.269 e. The highest BCUT2D eigenvalue weighted by molar-refractivity contribution is 7.87. The summed E-state index contributed by atoms with van der Waals surface area (Å²) < 4.78 is 30.9. The van der Waals surface area contributed by atoms with E-state index in [4.69, 9.17) is 4.55 Å². The number of rotatable bonds is 2. The monoisotopic (exact) mass is 208 g/mol. The molecule has 2 N–H and O–H groups in total. The molecule has 1 aromatic rings. The van der Waals surface area contributed by atoms with Crippen molar-refractivity contribution in [2.24, 2.45) is 0 Å². The Morgan fingerprint density at radius 3 is 2.42 bits per heavy atom. The van der Waals surface area contributed by atoms with E-state index >= 15 is 0 Å². The fourth-order valence-corrected chi connectivity index (χ4v) is 2.04. The first-order chi connectivity index (χ1) is 5.38. The van der Waals surface area contributed by atoms with Gasteiger partial charge in [0.1, 0.15) is 0 Å². The van der Waals surface area contributed by atoms with E-state index < -0.39 is 10.3 Å². The third kappa shape index (κ3) is 2.43. The van der Waals surface area contributed by atoms with Gasteiger partial charge >= 0.3 is 10.3 Å². The molecule has 12 heavy (non-hydrogen) atoms. The number of nitrogens with one attached hydrogen (secondary N) is 1. The Bertz CT molecular complexity index is 362. The van der Waals surface area contributed by atoms with Gasteiger partial charge in [-0.1, -0.05) is 0 Å². The van der Waals surface area contributed by atoms with E-state index in [2.05, 4.69) is 4.98 Å². The van der Waals surface area contributed by atoms with E-state index in [0.717, 1.165) is 10.6 Å². The molecule has 0 fully saturated rings. The molecule has 0 aliphatic rings. The zero-order valence-corrected chi connectivity index (χ0v) is 8.16. The van der Waals surface area contributed by atoms with Crippen molar-refractivity contribution in [3.63, 3.8) is 0 Å². The molecule has 7 heteroatoms.